The molecular formula is C22H41NO12. The van der Waals surface area contributed by atoms with Crippen molar-refractivity contribution in [3.05, 3.63) is 0 Å². The molecule has 13 heteroatoms. The molecule has 0 aromatic rings. The van der Waals surface area contributed by atoms with E-state index in [9.17, 15) is 40.5 Å². The van der Waals surface area contributed by atoms with E-state index in [0.29, 0.717) is 12.8 Å². The van der Waals surface area contributed by atoms with Crippen molar-refractivity contribution in [1.29, 1.82) is 0 Å². The molecule has 0 saturated carbocycles. The van der Waals surface area contributed by atoms with Gasteiger partial charge >= 0.3 is 5.97 Å². The highest BCUT2D eigenvalue weighted by molar-refractivity contribution is 5.68. The Balaban J connectivity index is 1.99. The van der Waals surface area contributed by atoms with Crippen molar-refractivity contribution in [3.63, 3.8) is 0 Å². The SMILES string of the molecule is COC(=O)CCCCCCCCO[C@H]1O[C@H](CO)[C@@H](O)[C@H](O)[C@]1(O)[C@@H]1O[C@H](CO)[C@@H](O)[C@H](O)[C@@H]1N. The molecule has 35 heavy (non-hydrogen) atoms. The van der Waals surface area contributed by atoms with Crippen LogP contribution in [0, 0.1) is 0 Å². The van der Waals surface area contributed by atoms with Crippen LogP contribution in [-0.2, 0) is 23.7 Å². The zero-order valence-electron chi connectivity index (χ0n) is 20.0. The van der Waals surface area contributed by atoms with Crippen LogP contribution in [0.5, 0.6) is 0 Å². The Morgan fingerprint density at radius 3 is 2.06 bits per heavy atom. The van der Waals surface area contributed by atoms with Crippen LogP contribution >= 0.6 is 0 Å². The lowest BCUT2D eigenvalue weighted by molar-refractivity contribution is -0.377. The molecule has 13 nitrogen and oxygen atoms in total. The number of ether oxygens (including phenoxy) is 4. The second-order valence-electron chi connectivity index (χ2n) is 9.17. The van der Waals surface area contributed by atoms with E-state index in [1.165, 1.54) is 7.11 Å². The van der Waals surface area contributed by atoms with Gasteiger partial charge in [-0.05, 0) is 12.8 Å². The lowest BCUT2D eigenvalue weighted by Gasteiger charge is -2.54. The third-order valence-electron chi connectivity index (χ3n) is 6.74. The normalized spacial score (nSPS) is 40.0. The van der Waals surface area contributed by atoms with Gasteiger partial charge in [0.15, 0.2) is 11.9 Å². The Morgan fingerprint density at radius 2 is 1.46 bits per heavy atom. The molecule has 0 spiro atoms. The summed E-state index contributed by atoms with van der Waals surface area (Å²) in [5, 5.41) is 72.1. The van der Waals surface area contributed by atoms with Gasteiger partial charge in [0, 0.05) is 13.0 Å². The van der Waals surface area contributed by atoms with Gasteiger partial charge < -0.3 is 60.4 Å². The number of aliphatic hydroxyl groups excluding tert-OH is 6. The highest BCUT2D eigenvalue weighted by atomic mass is 16.7. The summed E-state index contributed by atoms with van der Waals surface area (Å²) in [4.78, 5) is 11.1. The number of aliphatic hydroxyl groups is 7. The highest BCUT2D eigenvalue weighted by Crippen LogP contribution is 2.39. The summed E-state index contributed by atoms with van der Waals surface area (Å²) in [6.45, 7) is -1.29. The van der Waals surface area contributed by atoms with Gasteiger partial charge in [-0.25, -0.2) is 0 Å². The fourth-order valence-corrected chi connectivity index (χ4v) is 4.52. The Morgan fingerprint density at radius 1 is 0.886 bits per heavy atom. The number of nitrogens with two attached hydrogens (primary N) is 1. The van der Waals surface area contributed by atoms with Crippen LogP contribution in [-0.4, -0.2) is 129 Å². The smallest absolute Gasteiger partial charge is 0.305 e. The Labute approximate surface area is 204 Å². The summed E-state index contributed by atoms with van der Waals surface area (Å²) in [5.74, 6) is -0.235. The lowest BCUT2D eigenvalue weighted by Crippen LogP contribution is -2.78. The van der Waals surface area contributed by atoms with Crippen molar-refractivity contribution in [3.8, 4) is 0 Å². The molecule has 9 N–H and O–H groups in total. The molecule has 0 aromatic carbocycles. The molecule has 2 aliphatic rings. The van der Waals surface area contributed by atoms with Crippen molar-refractivity contribution in [1.82, 2.24) is 0 Å². The molecule has 0 amide bonds. The topological polar surface area (TPSA) is 222 Å². The number of carbonyl (C=O) groups is 1. The van der Waals surface area contributed by atoms with E-state index in [4.69, 9.17) is 19.9 Å². The van der Waals surface area contributed by atoms with Crippen LogP contribution in [0.15, 0.2) is 0 Å². The van der Waals surface area contributed by atoms with Crippen LogP contribution in [0.1, 0.15) is 44.9 Å². The largest absolute Gasteiger partial charge is 0.469 e. The van der Waals surface area contributed by atoms with Gasteiger partial charge in [-0.2, -0.15) is 0 Å². The Hall–Kier alpha value is -0.970. The van der Waals surface area contributed by atoms with Crippen LogP contribution in [0.2, 0.25) is 0 Å². The van der Waals surface area contributed by atoms with Crippen molar-refractivity contribution in [2.75, 3.05) is 26.9 Å². The lowest BCUT2D eigenvalue weighted by atomic mass is 9.76. The number of carbonyl (C=O) groups excluding carboxylic acids is 1. The average molecular weight is 512 g/mol. The first-order valence-corrected chi connectivity index (χ1v) is 12.0. The molecule has 2 rings (SSSR count). The second-order valence-corrected chi connectivity index (χ2v) is 9.17. The van der Waals surface area contributed by atoms with Crippen molar-refractivity contribution >= 4 is 5.97 Å². The third kappa shape index (κ3) is 7.08. The van der Waals surface area contributed by atoms with Gasteiger partial charge in [-0.15, -0.1) is 0 Å². The van der Waals surface area contributed by atoms with Crippen LogP contribution < -0.4 is 5.73 Å². The number of rotatable bonds is 13. The molecule has 2 fully saturated rings. The first kappa shape index (κ1) is 30.3. The first-order valence-electron chi connectivity index (χ1n) is 12.0. The van der Waals surface area contributed by atoms with E-state index in [2.05, 4.69) is 4.74 Å². The first-order chi connectivity index (χ1) is 16.6. The van der Waals surface area contributed by atoms with E-state index in [-0.39, 0.29) is 12.6 Å². The number of methoxy groups -OCH3 is 1. The standard InChI is InChI=1S/C22H41NO12/c1-32-14(26)8-6-4-2-3-5-7-9-33-21-22(31,19(30)17(28)13(11-25)35-21)20-15(23)18(29)16(27)12(10-24)34-20/h12-13,15-21,24-25,27-31H,2-11,23H2,1H3/t12-,13-,15+,16-,17-,18-,19+,20-,21+,22+/m1/s1. The molecule has 206 valence electrons. The Bertz CT molecular complexity index is 640. The van der Waals surface area contributed by atoms with Gasteiger partial charge in [-0.3, -0.25) is 4.79 Å². The van der Waals surface area contributed by atoms with Crippen LogP contribution in [0.25, 0.3) is 0 Å². The van der Waals surface area contributed by atoms with E-state index >= 15 is 0 Å². The summed E-state index contributed by atoms with van der Waals surface area (Å²) >= 11 is 0. The summed E-state index contributed by atoms with van der Waals surface area (Å²) in [6.07, 6.45) is -7.51. The van der Waals surface area contributed by atoms with Gasteiger partial charge in [0.05, 0.1) is 26.4 Å². The number of unbranched alkanes of at least 4 members (excludes halogenated alkanes) is 5. The third-order valence-corrected chi connectivity index (χ3v) is 6.74. The van der Waals surface area contributed by atoms with E-state index in [0.717, 1.165) is 32.1 Å². The molecule has 0 unspecified atom stereocenters. The van der Waals surface area contributed by atoms with Crippen molar-refractivity contribution in [2.24, 2.45) is 5.73 Å². The van der Waals surface area contributed by atoms with Gasteiger partial charge in [0.25, 0.3) is 0 Å². The minimum atomic E-state index is -2.49. The second kappa shape index (κ2) is 14.1. The molecule has 0 radical (unpaired) electrons. The highest BCUT2D eigenvalue weighted by Gasteiger charge is 2.64. The number of esters is 1. The van der Waals surface area contributed by atoms with Crippen molar-refractivity contribution in [2.45, 2.75) is 106 Å². The molecule has 0 aliphatic carbocycles. The molecule has 0 aromatic heterocycles. The van der Waals surface area contributed by atoms with Gasteiger partial charge in [0.2, 0.25) is 0 Å². The summed E-state index contributed by atoms with van der Waals surface area (Å²) < 4.78 is 21.4. The Kier molecular flexibility index (Phi) is 12.2. The summed E-state index contributed by atoms with van der Waals surface area (Å²) in [6, 6.07) is -1.43. The van der Waals surface area contributed by atoms with E-state index < -0.39 is 73.9 Å². The quantitative estimate of drug-likeness (QED) is 0.0907. The summed E-state index contributed by atoms with van der Waals surface area (Å²) in [5.41, 5.74) is 3.49. The van der Waals surface area contributed by atoms with Crippen molar-refractivity contribution < 1.29 is 59.5 Å². The predicted molar refractivity (Wildman–Crippen MR) is 119 cm³/mol. The molecule has 10 atom stereocenters. The fraction of sp³-hybridized carbons (Fsp3) is 0.955. The van der Waals surface area contributed by atoms with Crippen LogP contribution in [0.3, 0.4) is 0 Å². The summed E-state index contributed by atoms with van der Waals surface area (Å²) in [7, 11) is 1.35. The fourth-order valence-electron chi connectivity index (χ4n) is 4.52. The minimum Gasteiger partial charge on any atom is -0.469 e. The zero-order valence-corrected chi connectivity index (χ0v) is 20.0. The maximum Gasteiger partial charge on any atom is 0.305 e. The molecule has 2 heterocycles. The minimum absolute atomic E-state index is 0.0899. The number of hydrogen-bond acceptors (Lipinski definition) is 13. The molecule has 2 saturated heterocycles. The molecular weight excluding hydrogens is 470 g/mol. The monoisotopic (exact) mass is 511 g/mol. The van der Waals surface area contributed by atoms with Gasteiger partial charge in [-0.1, -0.05) is 25.7 Å². The average Bonchev–Trinajstić information content (AvgIpc) is 2.86. The van der Waals surface area contributed by atoms with Gasteiger partial charge in [0.1, 0.15) is 42.7 Å². The maximum atomic E-state index is 11.5. The van der Waals surface area contributed by atoms with Crippen LogP contribution in [0.4, 0.5) is 0 Å². The van der Waals surface area contributed by atoms with E-state index in [1.807, 2.05) is 0 Å². The molecule has 2 aliphatic heterocycles. The zero-order chi connectivity index (χ0) is 26.2. The molecule has 0 bridgehead atoms. The van der Waals surface area contributed by atoms with E-state index in [1.54, 1.807) is 0 Å². The number of hydrogen-bond donors (Lipinski definition) is 8. The predicted octanol–water partition coefficient (Wildman–Crippen LogP) is -3.11. The maximum absolute atomic E-state index is 11.5.